The minimum Gasteiger partial charge on any atom is -0.491 e. The van der Waals surface area contributed by atoms with Crippen LogP contribution in [0, 0.1) is 0 Å². The summed E-state index contributed by atoms with van der Waals surface area (Å²) in [4.78, 5) is 14.6. The quantitative estimate of drug-likeness (QED) is 0.620. The number of benzene rings is 2. The largest absolute Gasteiger partial charge is 0.491 e. The maximum absolute atomic E-state index is 12.8. The first kappa shape index (κ1) is 17.0. The number of nitrogens with zero attached hydrogens (tertiary/aromatic N) is 1. The third-order valence-electron chi connectivity index (χ3n) is 4.10. The summed E-state index contributed by atoms with van der Waals surface area (Å²) in [6.45, 7) is 5.30. The minimum absolute atomic E-state index is 0.000305. The van der Waals surface area contributed by atoms with Gasteiger partial charge < -0.3 is 19.7 Å². The normalized spacial score (nSPS) is 16.1. The first-order chi connectivity index (χ1) is 12.2. The Kier molecular flexibility index (Phi) is 5.36. The van der Waals surface area contributed by atoms with Gasteiger partial charge in [-0.2, -0.15) is 0 Å². The molecule has 0 bridgehead atoms. The Morgan fingerprint density at radius 2 is 1.92 bits per heavy atom. The Balaban J connectivity index is 1.84. The molecule has 0 aromatic heterocycles. The van der Waals surface area contributed by atoms with E-state index in [4.69, 9.17) is 9.47 Å². The molecule has 0 saturated heterocycles. The lowest BCUT2D eigenvalue weighted by molar-refractivity contribution is 0.0707. The van der Waals surface area contributed by atoms with Gasteiger partial charge in [0.15, 0.2) is 0 Å². The number of nitrogens with one attached hydrogen (secondary N) is 1. The van der Waals surface area contributed by atoms with Crippen molar-refractivity contribution in [2.45, 2.75) is 6.17 Å². The van der Waals surface area contributed by atoms with E-state index < -0.39 is 0 Å². The van der Waals surface area contributed by atoms with E-state index in [0.29, 0.717) is 25.3 Å². The Morgan fingerprint density at radius 1 is 1.16 bits per heavy atom. The molecule has 1 amide bonds. The Labute approximate surface area is 147 Å². The number of anilines is 1. The summed E-state index contributed by atoms with van der Waals surface area (Å²) in [6.07, 6.45) is 1.50. The number of hydrogen-bond donors (Lipinski definition) is 1. The molecular formula is C20H22N2O3. The molecule has 0 saturated carbocycles. The van der Waals surface area contributed by atoms with E-state index in [2.05, 4.69) is 11.9 Å². The van der Waals surface area contributed by atoms with Crippen molar-refractivity contribution in [1.29, 1.82) is 0 Å². The smallest absolute Gasteiger partial charge is 0.258 e. The number of methoxy groups -OCH3 is 1. The zero-order valence-electron chi connectivity index (χ0n) is 14.3. The van der Waals surface area contributed by atoms with E-state index in [0.717, 1.165) is 17.0 Å². The topological polar surface area (TPSA) is 50.8 Å². The van der Waals surface area contributed by atoms with Crippen LogP contribution in [0.5, 0.6) is 5.75 Å². The second kappa shape index (κ2) is 7.85. The molecular weight excluding hydrogens is 316 g/mol. The Bertz CT molecular complexity index is 743. The standard InChI is InChI=1S/C20H22N2O3/c1-3-12-22-19(21-18-7-5-4-6-17(18)20(22)23)15-8-10-16(11-9-15)25-14-13-24-2/h3-11,19,21H,1,12-14H2,2H3. The predicted molar refractivity (Wildman–Crippen MR) is 97.9 cm³/mol. The fraction of sp³-hybridized carbons (Fsp3) is 0.250. The number of fused-ring (bicyclic) bond motifs is 1. The first-order valence-corrected chi connectivity index (χ1v) is 8.23. The van der Waals surface area contributed by atoms with E-state index in [-0.39, 0.29) is 12.1 Å². The van der Waals surface area contributed by atoms with Crippen molar-refractivity contribution in [1.82, 2.24) is 4.90 Å². The van der Waals surface area contributed by atoms with Gasteiger partial charge in [-0.1, -0.05) is 30.3 Å². The molecule has 0 fully saturated rings. The number of ether oxygens (including phenoxy) is 2. The van der Waals surface area contributed by atoms with Crippen molar-refractivity contribution in [2.75, 3.05) is 32.2 Å². The van der Waals surface area contributed by atoms with Gasteiger partial charge in [0.25, 0.3) is 5.91 Å². The molecule has 1 unspecified atom stereocenters. The zero-order chi connectivity index (χ0) is 17.6. The number of hydrogen-bond acceptors (Lipinski definition) is 4. The minimum atomic E-state index is -0.242. The van der Waals surface area contributed by atoms with Crippen LogP contribution in [0.15, 0.2) is 61.2 Å². The van der Waals surface area contributed by atoms with Gasteiger partial charge in [-0.3, -0.25) is 4.79 Å². The van der Waals surface area contributed by atoms with E-state index in [1.807, 2.05) is 48.5 Å². The van der Waals surface area contributed by atoms with Crippen molar-refractivity contribution in [2.24, 2.45) is 0 Å². The summed E-state index contributed by atoms with van der Waals surface area (Å²) in [5.74, 6) is 0.776. The average molecular weight is 338 g/mol. The summed E-state index contributed by atoms with van der Waals surface area (Å²) in [5.41, 5.74) is 2.52. The van der Waals surface area contributed by atoms with Gasteiger partial charge in [0.05, 0.1) is 12.2 Å². The van der Waals surface area contributed by atoms with Gasteiger partial charge in [0.1, 0.15) is 18.5 Å². The fourth-order valence-corrected chi connectivity index (χ4v) is 2.87. The SMILES string of the molecule is C=CCN1C(=O)c2ccccc2NC1c1ccc(OCCOC)cc1. The number of amides is 1. The van der Waals surface area contributed by atoms with Crippen LogP contribution in [0.3, 0.4) is 0 Å². The van der Waals surface area contributed by atoms with Crippen LogP contribution < -0.4 is 10.1 Å². The van der Waals surface area contributed by atoms with Crippen molar-refractivity contribution >= 4 is 11.6 Å². The summed E-state index contributed by atoms with van der Waals surface area (Å²) < 4.78 is 10.6. The predicted octanol–water partition coefficient (Wildman–Crippen LogP) is 3.46. The van der Waals surface area contributed by atoms with Gasteiger partial charge in [-0.25, -0.2) is 0 Å². The molecule has 5 heteroatoms. The third kappa shape index (κ3) is 3.67. The summed E-state index contributed by atoms with van der Waals surface area (Å²) in [5, 5.41) is 3.45. The highest BCUT2D eigenvalue weighted by atomic mass is 16.5. The van der Waals surface area contributed by atoms with Gasteiger partial charge >= 0.3 is 0 Å². The van der Waals surface area contributed by atoms with E-state index >= 15 is 0 Å². The van der Waals surface area contributed by atoms with Crippen LogP contribution in [0.1, 0.15) is 22.1 Å². The third-order valence-corrected chi connectivity index (χ3v) is 4.10. The van der Waals surface area contributed by atoms with Gasteiger partial charge in [-0.05, 0) is 29.8 Å². The molecule has 1 atom stereocenters. The average Bonchev–Trinajstić information content (AvgIpc) is 2.65. The number of carbonyl (C=O) groups is 1. The molecule has 1 heterocycles. The van der Waals surface area contributed by atoms with Gasteiger partial charge in [-0.15, -0.1) is 6.58 Å². The van der Waals surface area contributed by atoms with Crippen molar-refractivity contribution in [3.63, 3.8) is 0 Å². The molecule has 25 heavy (non-hydrogen) atoms. The molecule has 5 nitrogen and oxygen atoms in total. The number of carbonyl (C=O) groups excluding carboxylic acids is 1. The number of rotatable bonds is 7. The Morgan fingerprint density at radius 3 is 2.64 bits per heavy atom. The van der Waals surface area contributed by atoms with Crippen LogP contribution in [-0.4, -0.2) is 37.7 Å². The molecule has 1 aliphatic rings. The lowest BCUT2D eigenvalue weighted by Crippen LogP contribution is -2.42. The van der Waals surface area contributed by atoms with Crippen LogP contribution in [-0.2, 0) is 4.74 Å². The van der Waals surface area contributed by atoms with Crippen LogP contribution in [0.4, 0.5) is 5.69 Å². The number of para-hydroxylation sites is 1. The maximum atomic E-state index is 12.8. The van der Waals surface area contributed by atoms with Gasteiger partial charge in [0.2, 0.25) is 0 Å². The maximum Gasteiger partial charge on any atom is 0.258 e. The molecule has 0 aliphatic carbocycles. The Hall–Kier alpha value is -2.79. The molecule has 0 spiro atoms. The molecule has 0 radical (unpaired) electrons. The molecule has 2 aromatic carbocycles. The van der Waals surface area contributed by atoms with Crippen molar-refractivity contribution in [3.05, 3.63) is 72.3 Å². The zero-order valence-corrected chi connectivity index (χ0v) is 14.3. The summed E-state index contributed by atoms with van der Waals surface area (Å²) >= 11 is 0. The lowest BCUT2D eigenvalue weighted by Gasteiger charge is -2.37. The molecule has 2 aromatic rings. The molecule has 130 valence electrons. The fourth-order valence-electron chi connectivity index (χ4n) is 2.87. The van der Waals surface area contributed by atoms with E-state index in [1.54, 1.807) is 18.1 Å². The van der Waals surface area contributed by atoms with Crippen molar-refractivity contribution in [3.8, 4) is 5.75 Å². The van der Waals surface area contributed by atoms with Crippen molar-refractivity contribution < 1.29 is 14.3 Å². The van der Waals surface area contributed by atoms with E-state index in [1.165, 1.54) is 0 Å². The molecule has 1 aliphatic heterocycles. The van der Waals surface area contributed by atoms with Crippen LogP contribution in [0.25, 0.3) is 0 Å². The second-order valence-electron chi connectivity index (χ2n) is 5.75. The monoisotopic (exact) mass is 338 g/mol. The molecule has 3 rings (SSSR count). The summed E-state index contributed by atoms with van der Waals surface area (Å²) in [6, 6.07) is 15.3. The molecule has 1 N–H and O–H groups in total. The highest BCUT2D eigenvalue weighted by molar-refractivity contribution is 6.01. The van der Waals surface area contributed by atoms with Gasteiger partial charge in [0, 0.05) is 19.3 Å². The summed E-state index contributed by atoms with van der Waals surface area (Å²) in [7, 11) is 1.64. The van der Waals surface area contributed by atoms with Crippen LogP contribution in [0.2, 0.25) is 0 Å². The lowest BCUT2D eigenvalue weighted by atomic mass is 10.0. The van der Waals surface area contributed by atoms with E-state index in [9.17, 15) is 4.79 Å². The van der Waals surface area contributed by atoms with Crippen LogP contribution >= 0.6 is 0 Å². The highest BCUT2D eigenvalue weighted by Crippen LogP contribution is 2.33. The highest BCUT2D eigenvalue weighted by Gasteiger charge is 2.31. The first-order valence-electron chi connectivity index (χ1n) is 8.23. The second-order valence-corrected chi connectivity index (χ2v) is 5.75.